The summed E-state index contributed by atoms with van der Waals surface area (Å²) in [7, 11) is 0. The zero-order valence-electron chi connectivity index (χ0n) is 16.7. The molecule has 0 saturated heterocycles. The smallest absolute Gasteiger partial charge is 0.305 e. The highest BCUT2D eigenvalue weighted by atomic mass is 16.6. The van der Waals surface area contributed by atoms with Crippen molar-refractivity contribution in [3.63, 3.8) is 0 Å². The summed E-state index contributed by atoms with van der Waals surface area (Å²) in [5, 5.41) is 0. The molecule has 0 aromatic carbocycles. The van der Waals surface area contributed by atoms with Crippen LogP contribution in [0.15, 0.2) is 0 Å². The molecular formula is C21H40O4. The summed E-state index contributed by atoms with van der Waals surface area (Å²) in [6.45, 7) is 4.73. The Balaban J connectivity index is 3.29. The SMILES string of the molecule is CCCCCCCCCCCC(=O)OCCOC(=O)CCCCCC. The number of hydrogen-bond acceptors (Lipinski definition) is 4. The average Bonchev–Trinajstić information content (AvgIpc) is 2.61. The van der Waals surface area contributed by atoms with Crippen LogP contribution in [0.5, 0.6) is 0 Å². The summed E-state index contributed by atoms with van der Waals surface area (Å²) in [5.41, 5.74) is 0. The molecule has 0 spiro atoms. The fourth-order valence-corrected chi connectivity index (χ4v) is 2.73. The first-order valence-electron chi connectivity index (χ1n) is 10.5. The summed E-state index contributed by atoms with van der Waals surface area (Å²) in [4.78, 5) is 23.0. The quantitative estimate of drug-likeness (QED) is 0.224. The topological polar surface area (TPSA) is 52.6 Å². The minimum atomic E-state index is -0.189. The highest BCUT2D eigenvalue weighted by Crippen LogP contribution is 2.10. The minimum absolute atomic E-state index is 0.177. The van der Waals surface area contributed by atoms with Crippen molar-refractivity contribution in [2.45, 2.75) is 110 Å². The number of carbonyl (C=O) groups excluding carboxylic acids is 2. The molecule has 0 bridgehead atoms. The summed E-state index contributed by atoms with van der Waals surface area (Å²) in [6, 6.07) is 0. The highest BCUT2D eigenvalue weighted by Gasteiger charge is 2.05. The molecular weight excluding hydrogens is 316 g/mol. The molecule has 0 heterocycles. The molecule has 0 unspecified atom stereocenters. The van der Waals surface area contributed by atoms with Gasteiger partial charge in [0.25, 0.3) is 0 Å². The lowest BCUT2D eigenvalue weighted by molar-refractivity contribution is -0.152. The van der Waals surface area contributed by atoms with Gasteiger partial charge in [0, 0.05) is 12.8 Å². The summed E-state index contributed by atoms with van der Waals surface area (Å²) in [5.74, 6) is -0.368. The van der Waals surface area contributed by atoms with Gasteiger partial charge >= 0.3 is 11.9 Å². The van der Waals surface area contributed by atoms with Gasteiger partial charge in [-0.3, -0.25) is 9.59 Å². The van der Waals surface area contributed by atoms with Crippen LogP contribution in [0.1, 0.15) is 110 Å². The molecule has 0 aliphatic rings. The third kappa shape index (κ3) is 19.1. The van der Waals surface area contributed by atoms with E-state index in [0.717, 1.165) is 38.5 Å². The Morgan fingerprint density at radius 2 is 0.840 bits per heavy atom. The first-order valence-corrected chi connectivity index (χ1v) is 10.5. The molecule has 0 N–H and O–H groups in total. The van der Waals surface area contributed by atoms with Gasteiger partial charge in [0.15, 0.2) is 0 Å². The second-order valence-corrected chi connectivity index (χ2v) is 6.83. The molecule has 0 rings (SSSR count). The largest absolute Gasteiger partial charge is 0.462 e. The molecule has 0 amide bonds. The van der Waals surface area contributed by atoms with E-state index in [1.807, 2.05) is 0 Å². The Hall–Kier alpha value is -1.06. The van der Waals surface area contributed by atoms with Gasteiger partial charge in [-0.25, -0.2) is 0 Å². The Morgan fingerprint density at radius 1 is 0.520 bits per heavy atom. The van der Waals surface area contributed by atoms with Crippen LogP contribution in [0.3, 0.4) is 0 Å². The van der Waals surface area contributed by atoms with Crippen LogP contribution in [-0.4, -0.2) is 25.2 Å². The Bertz CT molecular complexity index is 315. The lowest BCUT2D eigenvalue weighted by Gasteiger charge is -2.06. The maximum atomic E-state index is 11.6. The zero-order valence-corrected chi connectivity index (χ0v) is 16.7. The van der Waals surface area contributed by atoms with Crippen LogP contribution in [0.4, 0.5) is 0 Å². The van der Waals surface area contributed by atoms with Crippen molar-refractivity contribution < 1.29 is 19.1 Å². The Morgan fingerprint density at radius 3 is 1.24 bits per heavy atom. The fraction of sp³-hybridized carbons (Fsp3) is 0.905. The molecule has 0 atom stereocenters. The van der Waals surface area contributed by atoms with Gasteiger partial charge in [-0.2, -0.15) is 0 Å². The maximum Gasteiger partial charge on any atom is 0.305 e. The van der Waals surface area contributed by atoms with Crippen LogP contribution < -0.4 is 0 Å². The predicted molar refractivity (Wildman–Crippen MR) is 103 cm³/mol. The number of unbranched alkanes of at least 4 members (excludes halogenated alkanes) is 11. The van der Waals surface area contributed by atoms with Crippen molar-refractivity contribution in [2.75, 3.05) is 13.2 Å². The van der Waals surface area contributed by atoms with E-state index in [1.54, 1.807) is 0 Å². The molecule has 0 fully saturated rings. The zero-order chi connectivity index (χ0) is 18.6. The van der Waals surface area contributed by atoms with Crippen molar-refractivity contribution in [3.05, 3.63) is 0 Å². The fourth-order valence-electron chi connectivity index (χ4n) is 2.73. The van der Waals surface area contributed by atoms with E-state index in [2.05, 4.69) is 13.8 Å². The van der Waals surface area contributed by atoms with E-state index >= 15 is 0 Å². The van der Waals surface area contributed by atoms with Gasteiger partial charge in [-0.1, -0.05) is 84.5 Å². The summed E-state index contributed by atoms with van der Waals surface area (Å²) >= 11 is 0. The van der Waals surface area contributed by atoms with E-state index in [-0.39, 0.29) is 25.2 Å². The predicted octanol–water partition coefficient (Wildman–Crippen LogP) is 5.96. The molecule has 25 heavy (non-hydrogen) atoms. The molecule has 0 aromatic rings. The molecule has 0 aromatic heterocycles. The number of carbonyl (C=O) groups is 2. The average molecular weight is 357 g/mol. The number of rotatable bonds is 18. The number of ether oxygens (including phenoxy) is 2. The van der Waals surface area contributed by atoms with Crippen LogP contribution in [-0.2, 0) is 19.1 Å². The normalized spacial score (nSPS) is 10.6. The van der Waals surface area contributed by atoms with Crippen molar-refractivity contribution >= 4 is 11.9 Å². The molecule has 4 heteroatoms. The molecule has 0 saturated carbocycles. The van der Waals surface area contributed by atoms with Crippen molar-refractivity contribution in [1.82, 2.24) is 0 Å². The van der Waals surface area contributed by atoms with E-state index in [9.17, 15) is 9.59 Å². The first-order chi connectivity index (χ1) is 12.2. The third-order valence-corrected chi connectivity index (χ3v) is 4.33. The first kappa shape index (κ1) is 23.9. The van der Waals surface area contributed by atoms with Gasteiger partial charge in [0.2, 0.25) is 0 Å². The van der Waals surface area contributed by atoms with Gasteiger partial charge in [-0.15, -0.1) is 0 Å². The molecule has 4 nitrogen and oxygen atoms in total. The number of esters is 2. The van der Waals surface area contributed by atoms with Gasteiger partial charge in [0.1, 0.15) is 13.2 Å². The monoisotopic (exact) mass is 356 g/mol. The molecule has 0 aliphatic heterocycles. The Labute approximate surface area is 155 Å². The number of hydrogen-bond donors (Lipinski definition) is 0. The van der Waals surface area contributed by atoms with Gasteiger partial charge < -0.3 is 9.47 Å². The second-order valence-electron chi connectivity index (χ2n) is 6.83. The van der Waals surface area contributed by atoms with Crippen LogP contribution in [0.25, 0.3) is 0 Å². The summed E-state index contributed by atoms with van der Waals surface area (Å²) < 4.78 is 10.1. The van der Waals surface area contributed by atoms with E-state index in [4.69, 9.17) is 9.47 Å². The molecule has 148 valence electrons. The lowest BCUT2D eigenvalue weighted by atomic mass is 10.1. The molecule has 0 radical (unpaired) electrons. The van der Waals surface area contributed by atoms with Gasteiger partial charge in [-0.05, 0) is 12.8 Å². The van der Waals surface area contributed by atoms with Crippen molar-refractivity contribution in [1.29, 1.82) is 0 Å². The third-order valence-electron chi connectivity index (χ3n) is 4.33. The van der Waals surface area contributed by atoms with Crippen LogP contribution in [0, 0.1) is 0 Å². The van der Waals surface area contributed by atoms with Crippen LogP contribution >= 0.6 is 0 Å². The Kier molecular flexibility index (Phi) is 18.5. The maximum absolute atomic E-state index is 11.6. The summed E-state index contributed by atoms with van der Waals surface area (Å²) in [6.07, 6.45) is 16.3. The molecule has 0 aliphatic carbocycles. The van der Waals surface area contributed by atoms with Crippen LogP contribution in [0.2, 0.25) is 0 Å². The minimum Gasteiger partial charge on any atom is -0.462 e. The van der Waals surface area contributed by atoms with Gasteiger partial charge in [0.05, 0.1) is 0 Å². The van der Waals surface area contributed by atoms with Crippen molar-refractivity contribution in [2.24, 2.45) is 0 Å². The van der Waals surface area contributed by atoms with E-state index in [0.29, 0.717) is 12.8 Å². The highest BCUT2D eigenvalue weighted by molar-refractivity contribution is 5.70. The lowest BCUT2D eigenvalue weighted by Crippen LogP contribution is -2.13. The van der Waals surface area contributed by atoms with E-state index < -0.39 is 0 Å². The van der Waals surface area contributed by atoms with E-state index in [1.165, 1.54) is 44.9 Å². The second kappa shape index (κ2) is 19.3. The van der Waals surface area contributed by atoms with Crippen molar-refractivity contribution in [3.8, 4) is 0 Å². The standard InChI is InChI=1S/C21H40O4/c1-3-5-7-9-10-11-12-13-15-17-21(23)25-19-18-24-20(22)16-14-8-6-4-2/h3-19H2,1-2H3.